The van der Waals surface area contributed by atoms with Crippen LogP contribution in [0.1, 0.15) is 15.9 Å². The van der Waals surface area contributed by atoms with E-state index in [9.17, 15) is 22.6 Å². The van der Waals surface area contributed by atoms with Crippen LogP contribution in [-0.2, 0) is 24.5 Å². The van der Waals surface area contributed by atoms with Gasteiger partial charge in [-0.15, -0.1) is 0 Å². The number of hydrogen-bond acceptors (Lipinski definition) is 10. The van der Waals surface area contributed by atoms with Crippen molar-refractivity contribution in [3.8, 4) is 11.8 Å². The summed E-state index contributed by atoms with van der Waals surface area (Å²) in [5.41, 5.74) is 5.00. The number of ether oxygens (including phenoxy) is 3. The van der Waals surface area contributed by atoms with Crippen molar-refractivity contribution in [3.63, 3.8) is 0 Å². The van der Waals surface area contributed by atoms with Gasteiger partial charge in [0, 0.05) is 5.56 Å². The molecule has 0 aliphatic rings. The number of benzene rings is 1. The third-order valence-electron chi connectivity index (χ3n) is 3.80. The molecule has 12 nitrogen and oxygen atoms in total. The highest BCUT2D eigenvalue weighted by Gasteiger charge is 2.51. The van der Waals surface area contributed by atoms with Gasteiger partial charge in [-0.1, -0.05) is 18.2 Å². The van der Waals surface area contributed by atoms with Gasteiger partial charge in [0.15, 0.2) is 0 Å². The SMILES string of the molecule is COC(=O)c1ccccc1C(N)(C(=O)Nc1nc(OC)cc(OC)n1)S(=O)(=O)O. The molecule has 0 saturated heterocycles. The van der Waals surface area contributed by atoms with Gasteiger partial charge in [0.1, 0.15) is 0 Å². The van der Waals surface area contributed by atoms with E-state index in [1.165, 1.54) is 38.5 Å². The fourth-order valence-corrected chi connectivity index (χ4v) is 3.08. The zero-order chi connectivity index (χ0) is 21.8. The first kappa shape index (κ1) is 22.0. The van der Waals surface area contributed by atoms with Gasteiger partial charge < -0.3 is 14.2 Å². The highest BCUT2D eigenvalue weighted by atomic mass is 32.2. The molecule has 1 aromatic carbocycles. The molecular formula is C16H18N4O8S. The molecule has 2 rings (SSSR count). The monoisotopic (exact) mass is 426 g/mol. The van der Waals surface area contributed by atoms with Crippen LogP contribution in [0.15, 0.2) is 30.3 Å². The van der Waals surface area contributed by atoms with Crippen LogP contribution in [0.5, 0.6) is 11.8 Å². The van der Waals surface area contributed by atoms with E-state index in [2.05, 4.69) is 20.0 Å². The Morgan fingerprint density at radius 3 is 2.14 bits per heavy atom. The predicted octanol–water partition coefficient (Wildman–Crippen LogP) is -0.0816. The molecule has 156 valence electrons. The molecule has 1 unspecified atom stereocenters. The summed E-state index contributed by atoms with van der Waals surface area (Å²) in [5, 5.41) is 2.08. The smallest absolute Gasteiger partial charge is 0.338 e. The van der Waals surface area contributed by atoms with Crippen molar-refractivity contribution >= 4 is 27.9 Å². The number of anilines is 1. The van der Waals surface area contributed by atoms with Gasteiger partial charge in [0.25, 0.3) is 16.0 Å². The van der Waals surface area contributed by atoms with Gasteiger partial charge in [-0.3, -0.25) is 20.4 Å². The van der Waals surface area contributed by atoms with E-state index in [-0.39, 0.29) is 17.3 Å². The van der Waals surface area contributed by atoms with Crippen LogP contribution >= 0.6 is 0 Å². The topological polar surface area (TPSA) is 180 Å². The first-order valence-electron chi connectivity index (χ1n) is 7.80. The molecule has 4 N–H and O–H groups in total. The van der Waals surface area contributed by atoms with Crippen molar-refractivity contribution in [3.05, 3.63) is 41.5 Å². The van der Waals surface area contributed by atoms with Crippen molar-refractivity contribution in [1.82, 2.24) is 9.97 Å². The van der Waals surface area contributed by atoms with Crippen LogP contribution in [0.4, 0.5) is 5.95 Å². The van der Waals surface area contributed by atoms with E-state index < -0.39 is 38.4 Å². The van der Waals surface area contributed by atoms with E-state index in [1.807, 2.05) is 0 Å². The number of nitrogens with two attached hydrogens (primary N) is 1. The van der Waals surface area contributed by atoms with E-state index in [4.69, 9.17) is 15.2 Å². The predicted molar refractivity (Wildman–Crippen MR) is 99.0 cm³/mol. The van der Waals surface area contributed by atoms with Gasteiger partial charge in [-0.2, -0.15) is 18.4 Å². The summed E-state index contributed by atoms with van der Waals surface area (Å²) in [6, 6.07) is 6.31. The number of carbonyl (C=O) groups excluding carboxylic acids is 2. The summed E-state index contributed by atoms with van der Waals surface area (Å²) in [4.78, 5) is 29.4. The number of amides is 1. The van der Waals surface area contributed by atoms with Gasteiger partial charge in [-0.05, 0) is 6.07 Å². The van der Waals surface area contributed by atoms with Crippen LogP contribution < -0.4 is 20.5 Å². The number of carbonyl (C=O) groups is 2. The van der Waals surface area contributed by atoms with Gasteiger partial charge in [-0.25, -0.2) is 4.79 Å². The molecule has 0 fully saturated rings. The fourth-order valence-electron chi connectivity index (χ4n) is 2.34. The largest absolute Gasteiger partial charge is 0.481 e. The molecule has 13 heteroatoms. The maximum atomic E-state index is 12.9. The summed E-state index contributed by atoms with van der Waals surface area (Å²) >= 11 is 0. The second-order valence-electron chi connectivity index (χ2n) is 5.48. The summed E-state index contributed by atoms with van der Waals surface area (Å²) in [7, 11) is -1.64. The molecule has 1 aromatic heterocycles. The Labute approximate surface area is 165 Å². The van der Waals surface area contributed by atoms with Crippen molar-refractivity contribution in [2.24, 2.45) is 5.73 Å². The number of nitrogens with one attached hydrogen (secondary N) is 1. The molecular weight excluding hydrogens is 408 g/mol. The molecule has 1 amide bonds. The Balaban J connectivity index is 2.60. The van der Waals surface area contributed by atoms with Crippen molar-refractivity contribution in [2.45, 2.75) is 4.87 Å². The Morgan fingerprint density at radius 2 is 1.66 bits per heavy atom. The lowest BCUT2D eigenvalue weighted by Crippen LogP contribution is -2.55. The minimum absolute atomic E-state index is 0.00316. The lowest BCUT2D eigenvalue weighted by Gasteiger charge is -2.26. The van der Waals surface area contributed by atoms with Gasteiger partial charge in [0.05, 0.1) is 33.0 Å². The maximum Gasteiger partial charge on any atom is 0.338 e. The summed E-state index contributed by atoms with van der Waals surface area (Å²) in [5.74, 6) is -2.83. The number of methoxy groups -OCH3 is 3. The second kappa shape index (κ2) is 8.38. The molecule has 0 bridgehead atoms. The molecule has 1 heterocycles. The fraction of sp³-hybridized carbons (Fsp3) is 0.250. The van der Waals surface area contributed by atoms with E-state index in [1.54, 1.807) is 0 Å². The lowest BCUT2D eigenvalue weighted by molar-refractivity contribution is -0.119. The first-order chi connectivity index (χ1) is 13.6. The van der Waals surface area contributed by atoms with E-state index in [0.717, 1.165) is 13.2 Å². The number of rotatable bonds is 7. The number of aromatic nitrogens is 2. The first-order valence-corrected chi connectivity index (χ1v) is 9.24. The summed E-state index contributed by atoms with van der Waals surface area (Å²) < 4.78 is 48.5. The Morgan fingerprint density at radius 1 is 1.10 bits per heavy atom. The average molecular weight is 426 g/mol. The van der Waals surface area contributed by atoms with Crippen LogP contribution in [0, 0.1) is 0 Å². The number of esters is 1. The van der Waals surface area contributed by atoms with Crippen LogP contribution in [0.3, 0.4) is 0 Å². The Hall–Kier alpha value is -3.29. The normalized spacial score (nSPS) is 13.1. The van der Waals surface area contributed by atoms with Gasteiger partial charge in [0.2, 0.25) is 22.6 Å². The highest BCUT2D eigenvalue weighted by molar-refractivity contribution is 7.87. The number of hydrogen-bond donors (Lipinski definition) is 3. The summed E-state index contributed by atoms with van der Waals surface area (Å²) in [6.07, 6.45) is 0. The number of nitrogens with zero attached hydrogens (tertiary/aromatic N) is 2. The third kappa shape index (κ3) is 4.26. The quantitative estimate of drug-likeness (QED) is 0.398. The molecule has 1 atom stereocenters. The van der Waals surface area contributed by atoms with Crippen molar-refractivity contribution in [1.29, 1.82) is 0 Å². The minimum Gasteiger partial charge on any atom is -0.481 e. The minimum atomic E-state index is -5.29. The van der Waals surface area contributed by atoms with E-state index in [0.29, 0.717) is 0 Å². The van der Waals surface area contributed by atoms with E-state index >= 15 is 0 Å². The molecule has 0 spiro atoms. The molecule has 0 aliphatic carbocycles. The summed E-state index contributed by atoms with van der Waals surface area (Å²) in [6.45, 7) is 0. The lowest BCUT2D eigenvalue weighted by atomic mass is 9.99. The standard InChI is InChI=1S/C16H18N4O8S/c1-26-11-8-12(27-2)19-15(18-11)20-14(22)16(17,29(23,24)25)10-7-5-4-6-9(10)13(21)28-3/h4-8H,17H2,1-3H3,(H,23,24,25)(H,18,19,20,22). The second-order valence-corrected chi connectivity index (χ2v) is 7.07. The molecule has 0 radical (unpaired) electrons. The molecule has 2 aromatic rings. The van der Waals surface area contributed by atoms with Crippen LogP contribution in [0.2, 0.25) is 0 Å². The molecule has 0 aliphatic heterocycles. The Bertz CT molecular complexity index is 1020. The van der Waals surface area contributed by atoms with Crippen molar-refractivity contribution in [2.75, 3.05) is 26.6 Å². The van der Waals surface area contributed by atoms with Crippen LogP contribution in [0.25, 0.3) is 0 Å². The maximum absolute atomic E-state index is 12.9. The molecule has 0 saturated carbocycles. The average Bonchev–Trinajstić information content (AvgIpc) is 2.71. The van der Waals surface area contributed by atoms with Crippen LogP contribution in [-0.4, -0.2) is 56.1 Å². The zero-order valence-electron chi connectivity index (χ0n) is 15.6. The van der Waals surface area contributed by atoms with Gasteiger partial charge >= 0.3 is 5.97 Å². The Kier molecular flexibility index (Phi) is 6.36. The molecule has 29 heavy (non-hydrogen) atoms. The van der Waals surface area contributed by atoms with Crippen molar-refractivity contribution < 1.29 is 36.8 Å². The highest BCUT2D eigenvalue weighted by Crippen LogP contribution is 2.30. The zero-order valence-corrected chi connectivity index (χ0v) is 16.4. The third-order valence-corrected chi connectivity index (χ3v) is 5.02.